The van der Waals surface area contributed by atoms with Gasteiger partial charge in [0.25, 0.3) is 0 Å². The number of H-pyrrole nitrogens is 1. The summed E-state index contributed by atoms with van der Waals surface area (Å²) in [6, 6.07) is 91.8. The second-order valence-corrected chi connectivity index (χ2v) is 21.7. The zero-order chi connectivity index (χ0) is 59.6. The number of aromatic amines is 1. The van der Waals surface area contributed by atoms with Gasteiger partial charge in [-0.3, -0.25) is 0 Å². The maximum Gasteiger partial charge on any atom is 0.136 e. The highest BCUT2D eigenvalue weighted by Gasteiger charge is 2.09. The first-order valence-electron chi connectivity index (χ1n) is 27.7. The molecule has 6 aromatic heterocycles. The molecule has 0 fully saturated rings. The summed E-state index contributed by atoms with van der Waals surface area (Å²) in [5, 5.41) is 5.69. The third kappa shape index (κ3) is 14.8. The zero-order valence-corrected chi connectivity index (χ0v) is 48.9. The van der Waals surface area contributed by atoms with Gasteiger partial charge in [-0.05, 0) is 133 Å². The number of rotatable bonds is 6. The maximum atomic E-state index is 5.98. The molecule has 13 N–H and O–H groups in total. The molecule has 0 unspecified atom stereocenters. The molecule has 0 aliphatic rings. The highest BCUT2D eigenvalue weighted by atomic mass is 32.1. The second kappa shape index (κ2) is 28.3. The fourth-order valence-corrected chi connectivity index (χ4v) is 11.2. The van der Waals surface area contributed by atoms with Crippen molar-refractivity contribution in [1.82, 2.24) is 9.97 Å². The Morgan fingerprint density at radius 3 is 1.41 bits per heavy atom. The number of nitrogens with two attached hydrogens (primary N) is 6. The smallest absolute Gasteiger partial charge is 0.136 e. The zero-order valence-electron chi connectivity index (χ0n) is 47.3. The molecular weight excluding hydrogens is 1100 g/mol. The molecule has 10 nitrogen and oxygen atoms in total. The fraction of sp³-hybridized carbons (Fsp3) is 0.0135. The number of aromatic nitrogens is 2. The highest BCUT2D eigenvalue weighted by Crippen LogP contribution is 2.37. The monoisotopic (exact) mass is 1160 g/mol. The van der Waals surface area contributed by atoms with Crippen LogP contribution in [0.5, 0.6) is 0 Å². The minimum atomic E-state index is 0.743. The number of hydrogen-bond acceptors (Lipinski definition) is 11. The van der Waals surface area contributed by atoms with Crippen LogP contribution in [0.15, 0.2) is 300 Å². The Bertz CT molecular complexity index is 4340. The topological polar surface area (TPSA) is 211 Å². The van der Waals surface area contributed by atoms with Crippen molar-refractivity contribution in [1.29, 1.82) is 0 Å². The number of thiophene rings is 2. The molecule has 0 aliphatic carbocycles. The number of benzene rings is 9. The summed E-state index contributed by atoms with van der Waals surface area (Å²) in [4.78, 5) is 10.5. The van der Waals surface area contributed by atoms with Crippen molar-refractivity contribution < 1.29 is 8.83 Å². The van der Waals surface area contributed by atoms with E-state index in [1.54, 1.807) is 28.9 Å². The molecule has 15 aromatic rings. The van der Waals surface area contributed by atoms with E-state index < -0.39 is 0 Å². The number of aryl methyl sites for hydroxylation is 1. The lowest BCUT2D eigenvalue weighted by Gasteiger charge is -2.05. The molecular formula is C74H64N8O2S2. The number of nitrogens with one attached hydrogen (secondary N) is 1. The van der Waals surface area contributed by atoms with Crippen LogP contribution < -0.4 is 34.4 Å². The van der Waals surface area contributed by atoms with Crippen LogP contribution in [0.2, 0.25) is 0 Å². The van der Waals surface area contributed by atoms with E-state index >= 15 is 0 Å². The average molecular weight is 1160 g/mol. The van der Waals surface area contributed by atoms with E-state index in [9.17, 15) is 0 Å². The van der Waals surface area contributed by atoms with Crippen molar-refractivity contribution >= 4 is 88.7 Å². The van der Waals surface area contributed by atoms with Gasteiger partial charge in [0, 0.05) is 104 Å². The van der Waals surface area contributed by atoms with Gasteiger partial charge in [-0.15, -0.1) is 22.7 Å². The molecule has 0 radical (unpaired) electrons. The average Bonchev–Trinajstić information content (AvgIpc) is 4.53. The summed E-state index contributed by atoms with van der Waals surface area (Å²) in [6.07, 6.45) is 1.64. The molecule has 6 heterocycles. The maximum absolute atomic E-state index is 5.98. The third-order valence-corrected chi connectivity index (χ3v) is 15.8. The van der Waals surface area contributed by atoms with Crippen molar-refractivity contribution in [2.45, 2.75) is 6.92 Å². The first-order valence-corrected chi connectivity index (χ1v) is 29.4. The van der Waals surface area contributed by atoms with Crippen molar-refractivity contribution in [2.75, 3.05) is 34.4 Å². The quantitative estimate of drug-likeness (QED) is 0.0789. The van der Waals surface area contributed by atoms with Gasteiger partial charge in [0.15, 0.2) is 0 Å². The van der Waals surface area contributed by atoms with E-state index in [2.05, 4.69) is 88.1 Å². The first-order chi connectivity index (χ1) is 42.1. The van der Waals surface area contributed by atoms with Crippen LogP contribution in [0.1, 0.15) is 5.76 Å². The summed E-state index contributed by atoms with van der Waals surface area (Å²) in [6.45, 7) is 1.92. The van der Waals surface area contributed by atoms with Gasteiger partial charge in [0.2, 0.25) is 0 Å². The summed E-state index contributed by atoms with van der Waals surface area (Å²) in [5.74, 6) is 2.54. The number of nitrogens with zero attached hydrogens (tertiary/aromatic N) is 1. The predicted molar refractivity (Wildman–Crippen MR) is 367 cm³/mol. The molecule has 15 rings (SSSR count). The van der Waals surface area contributed by atoms with Crippen LogP contribution >= 0.6 is 22.7 Å². The number of furan rings is 2. The molecule has 0 amide bonds. The van der Waals surface area contributed by atoms with Gasteiger partial charge >= 0.3 is 0 Å². The van der Waals surface area contributed by atoms with Crippen LogP contribution in [-0.4, -0.2) is 9.97 Å². The van der Waals surface area contributed by atoms with Gasteiger partial charge in [0.1, 0.15) is 17.3 Å². The van der Waals surface area contributed by atoms with Gasteiger partial charge in [-0.25, -0.2) is 4.98 Å². The van der Waals surface area contributed by atoms with Gasteiger partial charge < -0.3 is 48.2 Å². The van der Waals surface area contributed by atoms with E-state index in [4.69, 9.17) is 43.2 Å². The minimum absolute atomic E-state index is 0.743. The fourth-order valence-electron chi connectivity index (χ4n) is 9.35. The molecule has 0 spiro atoms. The van der Waals surface area contributed by atoms with E-state index in [1.807, 2.05) is 213 Å². The van der Waals surface area contributed by atoms with Crippen molar-refractivity contribution in [2.24, 2.45) is 0 Å². The van der Waals surface area contributed by atoms with E-state index in [1.165, 1.54) is 25.2 Å². The predicted octanol–water partition coefficient (Wildman–Crippen LogP) is 19.4. The molecule has 0 saturated heterocycles. The molecule has 9 aromatic carbocycles. The van der Waals surface area contributed by atoms with E-state index in [0.29, 0.717) is 0 Å². The van der Waals surface area contributed by atoms with Crippen LogP contribution in [0.4, 0.5) is 34.1 Å². The number of fused-ring (bicyclic) bond motifs is 3. The molecule has 0 saturated carbocycles. The Morgan fingerprint density at radius 1 is 0.372 bits per heavy atom. The SMILES string of the molecule is Cc1ccc(-c2ccccc2N)o1.Nc1ccccc1-c1cc2ccccc2[nH]1.Nc1ccccc1-c1cc2ccccc2s1.Nc1ccccc1-c1ccc2ccccc2n1.Nc1ccccc1-c1ccco1.Nc1ccccc1-c1cccs1. The molecule has 12 heteroatoms. The lowest BCUT2D eigenvalue weighted by atomic mass is 10.1. The van der Waals surface area contributed by atoms with Gasteiger partial charge in [0.05, 0.1) is 17.5 Å². The molecule has 424 valence electrons. The largest absolute Gasteiger partial charge is 0.464 e. The highest BCUT2D eigenvalue weighted by molar-refractivity contribution is 7.22. The lowest BCUT2D eigenvalue weighted by Crippen LogP contribution is -1.91. The summed E-state index contributed by atoms with van der Waals surface area (Å²) >= 11 is 3.49. The number of para-hydroxylation sites is 8. The van der Waals surface area contributed by atoms with Gasteiger partial charge in [-0.1, -0.05) is 164 Å². The minimum Gasteiger partial charge on any atom is -0.464 e. The number of anilines is 6. The molecule has 0 bridgehead atoms. The normalized spacial score (nSPS) is 10.4. The van der Waals surface area contributed by atoms with Crippen molar-refractivity contribution in [3.05, 3.63) is 296 Å². The summed E-state index contributed by atoms with van der Waals surface area (Å²) in [7, 11) is 0. The number of hydrogen-bond donors (Lipinski definition) is 7. The van der Waals surface area contributed by atoms with Crippen LogP contribution in [-0.2, 0) is 0 Å². The Kier molecular flexibility index (Phi) is 19.1. The van der Waals surface area contributed by atoms with E-state index in [0.717, 1.165) is 113 Å². The third-order valence-electron chi connectivity index (χ3n) is 13.7. The Balaban J connectivity index is 0.000000115. The Labute approximate surface area is 508 Å². The first kappa shape index (κ1) is 58.2. The van der Waals surface area contributed by atoms with Crippen molar-refractivity contribution in [3.63, 3.8) is 0 Å². The molecule has 86 heavy (non-hydrogen) atoms. The van der Waals surface area contributed by atoms with Crippen LogP contribution in [0.25, 0.3) is 97.9 Å². The Morgan fingerprint density at radius 2 is 0.872 bits per heavy atom. The molecule has 0 atom stereocenters. The molecule has 0 aliphatic heterocycles. The van der Waals surface area contributed by atoms with Crippen LogP contribution in [0.3, 0.4) is 0 Å². The summed E-state index contributed by atoms with van der Waals surface area (Å²) < 4.78 is 12.0. The van der Waals surface area contributed by atoms with Crippen LogP contribution in [0, 0.1) is 6.92 Å². The number of nitrogen functional groups attached to an aromatic ring is 6. The van der Waals surface area contributed by atoms with E-state index in [-0.39, 0.29) is 0 Å². The Hall–Kier alpha value is -11.1. The second-order valence-electron chi connectivity index (χ2n) is 19.7. The number of pyridine rings is 1. The lowest BCUT2D eigenvalue weighted by molar-refractivity contribution is 0.548. The van der Waals surface area contributed by atoms with Crippen molar-refractivity contribution in [3.8, 4) is 66.0 Å². The standard InChI is InChI=1S/C15H12N2.C14H12N2.C14H11NS.C11H11NO.C10H9NO.C10H9NS/c16-13-7-3-2-6-12(13)15-10-9-11-5-1-4-8-14(11)17-15;2*15-12-7-3-2-6-11(12)14-9-10-5-1-4-8-13(10)16-14;1-8-6-7-11(13-8)9-4-2-3-5-10(9)12;2*11-9-5-2-1-4-8(9)10-6-3-7-12-10/h1-10H,16H2;1-9,16H,15H2;1-9H,15H2;2-7H,12H2,1H3;2*1-7H,11H2. The summed E-state index contributed by atoms with van der Waals surface area (Å²) in [5.41, 5.74) is 50.3. The van der Waals surface area contributed by atoms with Gasteiger partial charge in [-0.2, -0.15) is 0 Å².